The molecule has 0 saturated heterocycles. The van der Waals surface area contributed by atoms with E-state index in [1.54, 1.807) is 7.11 Å². The zero-order valence-electron chi connectivity index (χ0n) is 19.2. The van der Waals surface area contributed by atoms with E-state index >= 15 is 0 Å². The smallest absolute Gasteiger partial charge is 0.144 e. The fraction of sp³-hybridized carbons (Fsp3) is 0.320. The molecule has 1 unspecified atom stereocenters. The van der Waals surface area contributed by atoms with Gasteiger partial charge in [-0.25, -0.2) is 9.97 Å². The van der Waals surface area contributed by atoms with E-state index in [0.717, 1.165) is 62.9 Å². The molecule has 8 heteroatoms. The summed E-state index contributed by atoms with van der Waals surface area (Å²) in [5, 5.41) is 19.5. The van der Waals surface area contributed by atoms with Crippen LogP contribution in [0.5, 0.6) is 5.75 Å². The molecule has 0 saturated carbocycles. The van der Waals surface area contributed by atoms with Gasteiger partial charge in [-0.05, 0) is 51.3 Å². The molecule has 0 bridgehead atoms. The lowest BCUT2D eigenvalue weighted by Gasteiger charge is -2.22. The van der Waals surface area contributed by atoms with E-state index in [0.29, 0.717) is 17.4 Å². The Morgan fingerprint density at radius 2 is 2.09 bits per heavy atom. The van der Waals surface area contributed by atoms with Crippen molar-refractivity contribution < 1.29 is 14.4 Å². The van der Waals surface area contributed by atoms with Crippen molar-refractivity contribution in [1.29, 1.82) is 0 Å². The van der Waals surface area contributed by atoms with Gasteiger partial charge in [-0.1, -0.05) is 23.4 Å². The number of nitrogens with zero attached hydrogens (tertiary/aromatic N) is 3. The Labute approximate surface area is 191 Å². The van der Waals surface area contributed by atoms with Crippen LogP contribution < -0.4 is 10.1 Å². The third-order valence-corrected chi connectivity index (χ3v) is 6.17. The number of aliphatic hydroxyl groups is 1. The molecule has 1 aliphatic carbocycles. The Kier molecular flexibility index (Phi) is 5.38. The van der Waals surface area contributed by atoms with E-state index in [9.17, 15) is 5.11 Å². The first-order chi connectivity index (χ1) is 16.0. The Hall–Kier alpha value is -3.65. The summed E-state index contributed by atoms with van der Waals surface area (Å²) in [6.45, 7) is 5.65. The van der Waals surface area contributed by atoms with Gasteiger partial charge in [0.15, 0.2) is 0 Å². The molecule has 1 aromatic carbocycles. The van der Waals surface area contributed by atoms with Crippen molar-refractivity contribution in [3.8, 4) is 16.9 Å². The van der Waals surface area contributed by atoms with Crippen molar-refractivity contribution in [2.24, 2.45) is 0 Å². The third kappa shape index (κ3) is 3.66. The standard InChI is InChI=1S/C25H27N5O3/c1-13-22(14(2)33-30-13)18-10-19-17(11-21(18)32-4)23-24(28-19)26-15(3)27-25(23)29-20(12-31)16-8-6-5-7-9-16/h5-6,8,10-11,20,31H,7,9,12H2,1-4H3,(H2,26,27,28,29). The lowest BCUT2D eigenvalue weighted by molar-refractivity contribution is 0.284. The minimum atomic E-state index is -0.221. The van der Waals surface area contributed by atoms with Crippen LogP contribution in [0.25, 0.3) is 33.1 Å². The summed E-state index contributed by atoms with van der Waals surface area (Å²) in [6.07, 6.45) is 8.11. The van der Waals surface area contributed by atoms with Gasteiger partial charge in [0.2, 0.25) is 0 Å². The number of allylic oxidation sites excluding steroid dienone is 3. The van der Waals surface area contributed by atoms with Crippen LogP contribution in [0, 0.1) is 20.8 Å². The number of aliphatic hydroxyl groups excluding tert-OH is 1. The molecule has 0 radical (unpaired) electrons. The normalized spacial score (nSPS) is 14.6. The Morgan fingerprint density at radius 3 is 2.76 bits per heavy atom. The summed E-state index contributed by atoms with van der Waals surface area (Å²) >= 11 is 0. The molecule has 3 heterocycles. The summed E-state index contributed by atoms with van der Waals surface area (Å²) in [5.74, 6) is 2.78. The molecule has 0 fully saturated rings. The Bertz CT molecular complexity index is 1390. The number of rotatable bonds is 6. The van der Waals surface area contributed by atoms with Gasteiger partial charge in [0, 0.05) is 16.5 Å². The number of nitrogens with one attached hydrogen (secondary N) is 2. The van der Waals surface area contributed by atoms with Gasteiger partial charge in [0.05, 0.1) is 36.4 Å². The van der Waals surface area contributed by atoms with Gasteiger partial charge in [-0.2, -0.15) is 0 Å². The first-order valence-corrected chi connectivity index (χ1v) is 11.0. The van der Waals surface area contributed by atoms with Gasteiger partial charge in [-0.3, -0.25) is 0 Å². The summed E-state index contributed by atoms with van der Waals surface area (Å²) in [6, 6.07) is 3.82. The zero-order chi connectivity index (χ0) is 23.1. The number of methoxy groups -OCH3 is 1. The molecule has 8 nitrogen and oxygen atoms in total. The van der Waals surface area contributed by atoms with Crippen LogP contribution in [0.4, 0.5) is 5.82 Å². The van der Waals surface area contributed by atoms with Crippen molar-refractivity contribution in [2.45, 2.75) is 39.7 Å². The fourth-order valence-electron chi connectivity index (χ4n) is 4.60. The first kappa shape index (κ1) is 21.2. The van der Waals surface area contributed by atoms with E-state index in [-0.39, 0.29) is 12.6 Å². The van der Waals surface area contributed by atoms with Crippen LogP contribution in [0.3, 0.4) is 0 Å². The second-order valence-corrected chi connectivity index (χ2v) is 8.35. The summed E-state index contributed by atoms with van der Waals surface area (Å²) < 4.78 is 11.2. The van der Waals surface area contributed by atoms with Gasteiger partial charge in [0.1, 0.15) is 28.8 Å². The molecule has 0 aliphatic heterocycles. The van der Waals surface area contributed by atoms with Gasteiger partial charge < -0.3 is 24.7 Å². The van der Waals surface area contributed by atoms with E-state index in [1.165, 1.54) is 0 Å². The van der Waals surface area contributed by atoms with Crippen LogP contribution in [0.2, 0.25) is 0 Å². The molecule has 1 atom stereocenters. The molecular formula is C25H27N5O3. The second kappa shape index (κ2) is 8.37. The monoisotopic (exact) mass is 445 g/mol. The van der Waals surface area contributed by atoms with Gasteiger partial charge in [0.25, 0.3) is 0 Å². The van der Waals surface area contributed by atoms with Crippen LogP contribution in [0.15, 0.2) is 40.5 Å². The maximum absolute atomic E-state index is 10.1. The van der Waals surface area contributed by atoms with Crippen molar-refractivity contribution in [3.63, 3.8) is 0 Å². The summed E-state index contributed by atoms with van der Waals surface area (Å²) in [5.41, 5.74) is 5.42. The first-order valence-electron chi connectivity index (χ1n) is 11.0. The van der Waals surface area contributed by atoms with E-state index in [4.69, 9.17) is 14.2 Å². The maximum atomic E-state index is 10.1. The molecule has 0 spiro atoms. The maximum Gasteiger partial charge on any atom is 0.144 e. The average molecular weight is 446 g/mol. The number of hydrogen-bond acceptors (Lipinski definition) is 7. The highest BCUT2D eigenvalue weighted by Crippen LogP contribution is 2.40. The number of H-pyrrole nitrogens is 1. The number of benzene rings is 1. The summed E-state index contributed by atoms with van der Waals surface area (Å²) in [7, 11) is 1.66. The molecular weight excluding hydrogens is 418 g/mol. The number of aryl methyl sites for hydroxylation is 3. The van der Waals surface area contributed by atoms with E-state index < -0.39 is 0 Å². The molecule has 1 aliphatic rings. The molecule has 5 rings (SSSR count). The topological polar surface area (TPSA) is 109 Å². The van der Waals surface area contributed by atoms with Crippen molar-refractivity contribution >= 4 is 27.8 Å². The fourth-order valence-corrected chi connectivity index (χ4v) is 4.60. The number of ether oxygens (including phenoxy) is 1. The number of hydrogen-bond donors (Lipinski definition) is 3. The highest BCUT2D eigenvalue weighted by atomic mass is 16.5. The quantitative estimate of drug-likeness (QED) is 0.393. The lowest BCUT2D eigenvalue weighted by atomic mass is 9.98. The van der Waals surface area contributed by atoms with Crippen LogP contribution in [-0.2, 0) is 0 Å². The molecule has 3 N–H and O–H groups in total. The largest absolute Gasteiger partial charge is 0.496 e. The van der Waals surface area contributed by atoms with Crippen molar-refractivity contribution in [2.75, 3.05) is 19.0 Å². The van der Waals surface area contributed by atoms with Crippen molar-refractivity contribution in [3.05, 3.63) is 53.2 Å². The minimum Gasteiger partial charge on any atom is -0.496 e. The van der Waals surface area contributed by atoms with Crippen molar-refractivity contribution in [1.82, 2.24) is 20.1 Å². The SMILES string of the molecule is COc1cc2c(cc1-c1c(C)noc1C)[nH]c1nc(C)nc(NC(CO)C3=CC=CCC3)c12. The lowest BCUT2D eigenvalue weighted by Crippen LogP contribution is -2.27. The zero-order valence-corrected chi connectivity index (χ0v) is 19.2. The average Bonchev–Trinajstić information content (AvgIpc) is 3.34. The molecule has 0 amide bonds. The van der Waals surface area contributed by atoms with E-state index in [2.05, 4.69) is 32.6 Å². The number of fused-ring (bicyclic) bond motifs is 3. The minimum absolute atomic E-state index is 0.0217. The highest BCUT2D eigenvalue weighted by molar-refractivity contribution is 6.12. The predicted octanol–water partition coefficient (Wildman–Crippen LogP) is 4.75. The van der Waals surface area contributed by atoms with Gasteiger partial charge >= 0.3 is 0 Å². The van der Waals surface area contributed by atoms with Gasteiger partial charge in [-0.15, -0.1) is 0 Å². The van der Waals surface area contributed by atoms with Crippen LogP contribution >= 0.6 is 0 Å². The Balaban J connectivity index is 1.69. The Morgan fingerprint density at radius 1 is 1.24 bits per heavy atom. The predicted molar refractivity (Wildman–Crippen MR) is 129 cm³/mol. The third-order valence-electron chi connectivity index (χ3n) is 6.17. The highest BCUT2D eigenvalue weighted by Gasteiger charge is 2.22. The van der Waals surface area contributed by atoms with E-state index in [1.807, 2.05) is 39.0 Å². The van der Waals surface area contributed by atoms with Crippen LogP contribution in [-0.4, -0.2) is 45.0 Å². The number of anilines is 1. The molecule has 4 aromatic rings. The molecule has 3 aromatic heterocycles. The molecule has 170 valence electrons. The second-order valence-electron chi connectivity index (χ2n) is 8.35. The number of aromatic nitrogens is 4. The van der Waals surface area contributed by atoms with Crippen LogP contribution in [0.1, 0.15) is 30.1 Å². The molecule has 33 heavy (non-hydrogen) atoms. The number of aromatic amines is 1. The summed E-state index contributed by atoms with van der Waals surface area (Å²) in [4.78, 5) is 12.8.